The first-order valence-corrected chi connectivity index (χ1v) is 10.8. The second-order valence-corrected chi connectivity index (χ2v) is 7.68. The predicted molar refractivity (Wildman–Crippen MR) is 127 cm³/mol. The standard InChI is InChI=1S/C24H29N5O4/c1-31-19-6-4-5-18(15-19)29-10-9-25-24(29)28-13-11-27(12-14-28)17-23(30)26-21-8-7-20(32-2)16-22(21)33-3/h4-10,15-16H,11-14,17H2,1-3H3,(H,26,30). The van der Waals surface area contributed by atoms with Crippen molar-refractivity contribution in [2.75, 3.05) is 64.3 Å². The zero-order valence-electron chi connectivity index (χ0n) is 19.2. The van der Waals surface area contributed by atoms with Gasteiger partial charge in [0, 0.05) is 50.7 Å². The summed E-state index contributed by atoms with van der Waals surface area (Å²) in [5.74, 6) is 2.85. The third kappa shape index (κ3) is 5.20. The fraction of sp³-hybridized carbons (Fsp3) is 0.333. The molecule has 0 spiro atoms. The SMILES string of the molecule is COc1cccc(-n2ccnc2N2CCN(CC(=O)Nc3ccc(OC)cc3OC)CC2)c1. The summed E-state index contributed by atoms with van der Waals surface area (Å²) < 4.78 is 18.0. The lowest BCUT2D eigenvalue weighted by Crippen LogP contribution is -2.49. The van der Waals surface area contributed by atoms with Gasteiger partial charge in [-0.2, -0.15) is 0 Å². The number of imidazole rings is 1. The third-order valence-corrected chi connectivity index (χ3v) is 5.66. The van der Waals surface area contributed by atoms with Crippen LogP contribution in [0, 0.1) is 0 Å². The molecule has 0 unspecified atom stereocenters. The Bertz CT molecular complexity index is 1090. The fourth-order valence-corrected chi connectivity index (χ4v) is 3.89. The maximum Gasteiger partial charge on any atom is 0.238 e. The number of nitrogens with one attached hydrogen (secondary N) is 1. The summed E-state index contributed by atoms with van der Waals surface area (Å²) in [6.45, 7) is 3.39. The first kappa shape index (κ1) is 22.5. The highest BCUT2D eigenvalue weighted by atomic mass is 16.5. The van der Waals surface area contributed by atoms with E-state index in [1.54, 1.807) is 45.7 Å². The molecule has 0 atom stereocenters. The average Bonchev–Trinajstić information content (AvgIpc) is 3.35. The molecular formula is C24H29N5O4. The van der Waals surface area contributed by atoms with Crippen LogP contribution in [0.15, 0.2) is 54.9 Å². The highest BCUT2D eigenvalue weighted by molar-refractivity contribution is 5.93. The van der Waals surface area contributed by atoms with Gasteiger partial charge in [0.1, 0.15) is 17.2 Å². The van der Waals surface area contributed by atoms with Crippen molar-refractivity contribution in [2.24, 2.45) is 0 Å². The molecule has 1 N–H and O–H groups in total. The molecule has 1 aromatic heterocycles. The second-order valence-electron chi connectivity index (χ2n) is 7.68. The Morgan fingerprint density at radius 3 is 2.45 bits per heavy atom. The number of amides is 1. The molecule has 3 aromatic rings. The van der Waals surface area contributed by atoms with Crippen LogP contribution in [0.25, 0.3) is 5.69 Å². The van der Waals surface area contributed by atoms with Crippen LogP contribution in [0.3, 0.4) is 0 Å². The van der Waals surface area contributed by atoms with Crippen LogP contribution in [0.1, 0.15) is 0 Å². The summed E-state index contributed by atoms with van der Waals surface area (Å²) in [7, 11) is 4.82. The number of aromatic nitrogens is 2. The summed E-state index contributed by atoms with van der Waals surface area (Å²) in [6.07, 6.45) is 3.75. The van der Waals surface area contributed by atoms with E-state index in [4.69, 9.17) is 14.2 Å². The van der Waals surface area contributed by atoms with Gasteiger partial charge in [0.25, 0.3) is 0 Å². The summed E-state index contributed by atoms with van der Waals surface area (Å²) in [4.78, 5) is 21.6. The Kier molecular flexibility index (Phi) is 6.99. The van der Waals surface area contributed by atoms with Crippen LogP contribution < -0.4 is 24.4 Å². The van der Waals surface area contributed by atoms with E-state index in [1.165, 1.54) is 0 Å². The lowest BCUT2D eigenvalue weighted by Gasteiger charge is -2.35. The van der Waals surface area contributed by atoms with Gasteiger partial charge in [-0.05, 0) is 24.3 Å². The Labute approximate surface area is 193 Å². The maximum absolute atomic E-state index is 12.6. The topological polar surface area (TPSA) is 81.1 Å². The molecule has 1 amide bonds. The van der Waals surface area contributed by atoms with Gasteiger partial charge in [0.15, 0.2) is 0 Å². The Morgan fingerprint density at radius 2 is 1.73 bits per heavy atom. The molecule has 0 saturated carbocycles. The smallest absolute Gasteiger partial charge is 0.238 e. The normalized spacial score (nSPS) is 14.1. The number of hydrogen-bond acceptors (Lipinski definition) is 7. The number of carbonyl (C=O) groups excluding carboxylic acids is 1. The van der Waals surface area contributed by atoms with Crippen LogP contribution in [0.5, 0.6) is 17.2 Å². The molecule has 2 aromatic carbocycles. The van der Waals surface area contributed by atoms with Crippen LogP contribution >= 0.6 is 0 Å². The van der Waals surface area contributed by atoms with E-state index in [0.717, 1.165) is 43.6 Å². The first-order valence-electron chi connectivity index (χ1n) is 10.8. The van der Waals surface area contributed by atoms with E-state index in [9.17, 15) is 4.79 Å². The molecule has 1 fully saturated rings. The van der Waals surface area contributed by atoms with Gasteiger partial charge in [-0.3, -0.25) is 14.3 Å². The summed E-state index contributed by atoms with van der Waals surface area (Å²) in [5.41, 5.74) is 1.62. The number of hydrogen-bond donors (Lipinski definition) is 1. The van der Waals surface area contributed by atoms with Crippen LogP contribution in [0.4, 0.5) is 11.6 Å². The van der Waals surface area contributed by atoms with Gasteiger partial charge >= 0.3 is 0 Å². The molecule has 1 saturated heterocycles. The second kappa shape index (κ2) is 10.3. The van der Waals surface area contributed by atoms with E-state index in [-0.39, 0.29) is 5.91 Å². The Morgan fingerprint density at radius 1 is 0.970 bits per heavy atom. The lowest BCUT2D eigenvalue weighted by atomic mass is 10.2. The number of ether oxygens (including phenoxy) is 3. The van der Waals surface area contributed by atoms with Crippen molar-refractivity contribution in [2.45, 2.75) is 0 Å². The van der Waals surface area contributed by atoms with Crippen molar-refractivity contribution >= 4 is 17.5 Å². The first-order chi connectivity index (χ1) is 16.1. The molecule has 4 rings (SSSR count). The molecule has 0 bridgehead atoms. The van der Waals surface area contributed by atoms with Crippen LogP contribution in [-0.2, 0) is 4.79 Å². The number of anilines is 2. The number of carbonyl (C=O) groups is 1. The van der Waals surface area contributed by atoms with Crippen molar-refractivity contribution < 1.29 is 19.0 Å². The molecular weight excluding hydrogens is 422 g/mol. The molecule has 9 heteroatoms. The van der Waals surface area contributed by atoms with Crippen molar-refractivity contribution in [3.05, 3.63) is 54.9 Å². The molecule has 174 valence electrons. The lowest BCUT2D eigenvalue weighted by molar-refractivity contribution is -0.117. The van der Waals surface area contributed by atoms with Crippen LogP contribution in [-0.4, -0.2) is 74.4 Å². The van der Waals surface area contributed by atoms with Crippen molar-refractivity contribution in [1.29, 1.82) is 0 Å². The predicted octanol–water partition coefficient (Wildman–Crippen LogP) is 2.66. The third-order valence-electron chi connectivity index (χ3n) is 5.66. The number of piperazine rings is 1. The van der Waals surface area contributed by atoms with E-state index in [0.29, 0.717) is 23.7 Å². The summed E-state index contributed by atoms with van der Waals surface area (Å²) >= 11 is 0. The average molecular weight is 452 g/mol. The van der Waals surface area contributed by atoms with E-state index in [1.807, 2.05) is 30.5 Å². The highest BCUT2D eigenvalue weighted by Gasteiger charge is 2.22. The van der Waals surface area contributed by atoms with Gasteiger partial charge in [0.05, 0.1) is 39.2 Å². The number of benzene rings is 2. The van der Waals surface area contributed by atoms with Crippen LogP contribution in [0.2, 0.25) is 0 Å². The Hall–Kier alpha value is -3.72. The molecule has 1 aliphatic heterocycles. The minimum atomic E-state index is -0.0789. The minimum absolute atomic E-state index is 0.0789. The van der Waals surface area contributed by atoms with Gasteiger partial charge in [-0.15, -0.1) is 0 Å². The van der Waals surface area contributed by atoms with Gasteiger partial charge in [-0.1, -0.05) is 6.07 Å². The summed E-state index contributed by atoms with van der Waals surface area (Å²) in [6, 6.07) is 13.2. The Balaban J connectivity index is 1.35. The minimum Gasteiger partial charge on any atom is -0.497 e. The maximum atomic E-state index is 12.6. The number of methoxy groups -OCH3 is 3. The largest absolute Gasteiger partial charge is 0.497 e. The fourth-order valence-electron chi connectivity index (χ4n) is 3.89. The van der Waals surface area contributed by atoms with Crippen molar-refractivity contribution in [3.8, 4) is 22.9 Å². The number of nitrogens with zero attached hydrogens (tertiary/aromatic N) is 4. The molecule has 1 aliphatic rings. The monoisotopic (exact) mass is 451 g/mol. The van der Waals surface area contributed by atoms with Gasteiger partial charge < -0.3 is 24.4 Å². The number of rotatable bonds is 8. The van der Waals surface area contributed by atoms with E-state index >= 15 is 0 Å². The molecule has 0 radical (unpaired) electrons. The van der Waals surface area contributed by atoms with Gasteiger partial charge in [-0.25, -0.2) is 4.98 Å². The quantitative estimate of drug-likeness (QED) is 0.564. The van der Waals surface area contributed by atoms with E-state index < -0.39 is 0 Å². The van der Waals surface area contributed by atoms with Crippen molar-refractivity contribution in [1.82, 2.24) is 14.5 Å². The van der Waals surface area contributed by atoms with E-state index in [2.05, 4.69) is 24.7 Å². The zero-order chi connectivity index (χ0) is 23.2. The van der Waals surface area contributed by atoms with Crippen molar-refractivity contribution in [3.63, 3.8) is 0 Å². The highest BCUT2D eigenvalue weighted by Crippen LogP contribution is 2.29. The summed E-state index contributed by atoms with van der Waals surface area (Å²) in [5, 5.41) is 2.94. The molecule has 2 heterocycles. The molecule has 0 aliphatic carbocycles. The zero-order valence-corrected chi connectivity index (χ0v) is 19.2. The van der Waals surface area contributed by atoms with Gasteiger partial charge in [0.2, 0.25) is 11.9 Å². The molecule has 9 nitrogen and oxygen atoms in total. The molecule has 33 heavy (non-hydrogen) atoms.